The van der Waals surface area contributed by atoms with Gasteiger partial charge in [0.25, 0.3) is 0 Å². The Labute approximate surface area is 102 Å². The second-order valence-electron chi connectivity index (χ2n) is 4.57. The maximum absolute atomic E-state index is 10.4. The molecule has 1 aromatic rings. The van der Waals surface area contributed by atoms with Crippen molar-refractivity contribution in [1.29, 1.82) is 0 Å². The van der Waals surface area contributed by atoms with Crippen LogP contribution >= 0.6 is 0 Å². The van der Waals surface area contributed by atoms with Gasteiger partial charge in [-0.3, -0.25) is 0 Å². The maximum atomic E-state index is 10.4. The quantitative estimate of drug-likeness (QED) is 0.751. The van der Waals surface area contributed by atoms with Gasteiger partial charge in [0.05, 0.1) is 13.2 Å². The molecule has 3 nitrogen and oxygen atoms in total. The molecule has 1 saturated heterocycles. The minimum atomic E-state index is -0.591. The Hall–Kier alpha value is -1.19. The van der Waals surface area contributed by atoms with Crippen LogP contribution in [0.4, 0.5) is 0 Å². The third-order valence-corrected chi connectivity index (χ3v) is 3.17. The summed E-state index contributed by atoms with van der Waals surface area (Å²) in [5.41, 5.74) is 1.24. The monoisotopic (exact) mass is 234 g/mol. The third-order valence-electron chi connectivity index (χ3n) is 3.17. The van der Waals surface area contributed by atoms with Gasteiger partial charge < -0.3 is 14.3 Å². The van der Waals surface area contributed by atoms with Crippen molar-refractivity contribution in [3.05, 3.63) is 35.9 Å². The van der Waals surface area contributed by atoms with Gasteiger partial charge in [0, 0.05) is 18.8 Å². The molecule has 0 aliphatic carbocycles. The zero-order chi connectivity index (χ0) is 12.1. The van der Waals surface area contributed by atoms with E-state index < -0.39 is 5.79 Å². The average Bonchev–Trinajstić information content (AvgIpc) is 2.38. The van der Waals surface area contributed by atoms with Gasteiger partial charge in [-0.25, -0.2) is 0 Å². The van der Waals surface area contributed by atoms with E-state index in [0.29, 0.717) is 32.0 Å². The summed E-state index contributed by atoms with van der Waals surface area (Å²) >= 11 is 0. The number of carbonyl (C=O) groups excluding carboxylic acids is 1. The highest BCUT2D eigenvalue weighted by Gasteiger charge is 2.32. The van der Waals surface area contributed by atoms with Gasteiger partial charge in [0.2, 0.25) is 0 Å². The highest BCUT2D eigenvalue weighted by atomic mass is 16.7. The smallest absolute Gasteiger partial charge is 0.165 e. The molecule has 0 N–H and O–H groups in total. The molecular formula is C14H18O3. The van der Waals surface area contributed by atoms with E-state index in [9.17, 15) is 4.79 Å². The lowest BCUT2D eigenvalue weighted by Crippen LogP contribution is -2.41. The largest absolute Gasteiger partial charge is 0.349 e. The average molecular weight is 234 g/mol. The van der Waals surface area contributed by atoms with Crippen molar-refractivity contribution in [2.75, 3.05) is 13.2 Å². The molecule has 1 heterocycles. The molecule has 17 heavy (non-hydrogen) atoms. The summed E-state index contributed by atoms with van der Waals surface area (Å²) in [6, 6.07) is 10.2. The molecule has 1 fully saturated rings. The molecule has 2 rings (SSSR count). The van der Waals surface area contributed by atoms with Crippen LogP contribution in [0.15, 0.2) is 30.3 Å². The minimum Gasteiger partial charge on any atom is -0.349 e. The molecule has 0 saturated carbocycles. The van der Waals surface area contributed by atoms with Crippen LogP contribution in [0, 0.1) is 0 Å². The van der Waals surface area contributed by atoms with Gasteiger partial charge in [0.15, 0.2) is 5.79 Å². The van der Waals surface area contributed by atoms with Gasteiger partial charge in [-0.2, -0.15) is 0 Å². The van der Waals surface area contributed by atoms with Crippen molar-refractivity contribution in [2.45, 2.75) is 31.5 Å². The zero-order valence-corrected chi connectivity index (χ0v) is 10.1. The molecule has 3 heteroatoms. The number of aldehydes is 1. The van der Waals surface area contributed by atoms with Crippen LogP contribution in [0.2, 0.25) is 0 Å². The first-order valence-electron chi connectivity index (χ1n) is 6.00. The van der Waals surface area contributed by atoms with Gasteiger partial charge >= 0.3 is 0 Å². The molecule has 1 aliphatic heterocycles. The van der Waals surface area contributed by atoms with E-state index in [1.165, 1.54) is 5.56 Å². The van der Waals surface area contributed by atoms with Crippen LogP contribution in [0.25, 0.3) is 0 Å². The summed E-state index contributed by atoms with van der Waals surface area (Å²) in [5, 5.41) is 0. The lowest BCUT2D eigenvalue weighted by Gasteiger charge is -2.37. The predicted octanol–water partition coefficient (Wildman–Crippen LogP) is 2.51. The number of hydrogen-bond acceptors (Lipinski definition) is 3. The summed E-state index contributed by atoms with van der Waals surface area (Å²) in [6.45, 7) is 3.20. The fourth-order valence-electron chi connectivity index (χ4n) is 2.03. The first-order valence-corrected chi connectivity index (χ1v) is 6.00. The van der Waals surface area contributed by atoms with Gasteiger partial charge in [-0.1, -0.05) is 30.3 Å². The van der Waals surface area contributed by atoms with E-state index in [4.69, 9.17) is 9.47 Å². The van der Waals surface area contributed by atoms with Crippen LogP contribution < -0.4 is 0 Å². The Morgan fingerprint density at radius 2 is 1.94 bits per heavy atom. The second kappa shape index (κ2) is 5.43. The van der Waals surface area contributed by atoms with Gasteiger partial charge in [0.1, 0.15) is 6.29 Å². The van der Waals surface area contributed by atoms with E-state index >= 15 is 0 Å². The van der Waals surface area contributed by atoms with Gasteiger partial charge in [-0.15, -0.1) is 0 Å². The van der Waals surface area contributed by atoms with E-state index in [0.717, 1.165) is 6.29 Å². The van der Waals surface area contributed by atoms with Crippen molar-refractivity contribution in [3.63, 3.8) is 0 Å². The molecule has 0 amide bonds. The van der Waals surface area contributed by atoms with Crippen LogP contribution in [-0.4, -0.2) is 25.3 Å². The number of benzene rings is 1. The number of carbonyl (C=O) groups is 1. The summed E-state index contributed by atoms with van der Waals surface area (Å²) in [6.07, 6.45) is 2.01. The Morgan fingerprint density at radius 3 is 2.53 bits per heavy atom. The molecule has 0 bridgehead atoms. The number of rotatable bonds is 4. The molecule has 0 spiro atoms. The Kier molecular flexibility index (Phi) is 3.92. The molecule has 0 aromatic heterocycles. The fraction of sp³-hybridized carbons (Fsp3) is 0.500. The molecular weight excluding hydrogens is 216 g/mol. The van der Waals surface area contributed by atoms with E-state index in [-0.39, 0.29) is 0 Å². The minimum absolute atomic E-state index is 0.292. The Morgan fingerprint density at radius 1 is 1.29 bits per heavy atom. The first kappa shape index (κ1) is 12.3. The fourth-order valence-corrected chi connectivity index (χ4v) is 2.03. The van der Waals surface area contributed by atoms with E-state index in [1.54, 1.807) is 0 Å². The zero-order valence-electron chi connectivity index (χ0n) is 10.1. The third kappa shape index (κ3) is 3.14. The highest BCUT2D eigenvalue weighted by Crippen LogP contribution is 2.30. The van der Waals surface area contributed by atoms with Crippen molar-refractivity contribution in [1.82, 2.24) is 0 Å². The number of hydrogen-bond donors (Lipinski definition) is 0. The van der Waals surface area contributed by atoms with Crippen molar-refractivity contribution >= 4 is 6.29 Å². The van der Waals surface area contributed by atoms with E-state index in [1.807, 2.05) is 25.1 Å². The predicted molar refractivity (Wildman–Crippen MR) is 64.8 cm³/mol. The Bertz CT molecular complexity index is 353. The SMILES string of the molecule is CC1(CCC=O)OCC(c2ccccc2)CO1. The van der Waals surface area contributed by atoms with Crippen LogP contribution in [0.1, 0.15) is 31.2 Å². The molecule has 1 aromatic carbocycles. The first-order chi connectivity index (χ1) is 8.23. The highest BCUT2D eigenvalue weighted by molar-refractivity contribution is 5.49. The van der Waals surface area contributed by atoms with Crippen LogP contribution in [0.5, 0.6) is 0 Å². The summed E-state index contributed by atoms with van der Waals surface area (Å²) in [5.74, 6) is -0.299. The topological polar surface area (TPSA) is 35.5 Å². The summed E-state index contributed by atoms with van der Waals surface area (Å²) < 4.78 is 11.5. The lowest BCUT2D eigenvalue weighted by atomic mass is 9.99. The normalized spacial score (nSPS) is 28.9. The molecule has 0 unspecified atom stereocenters. The maximum Gasteiger partial charge on any atom is 0.165 e. The van der Waals surface area contributed by atoms with Crippen molar-refractivity contribution in [2.24, 2.45) is 0 Å². The van der Waals surface area contributed by atoms with E-state index in [2.05, 4.69) is 12.1 Å². The lowest BCUT2D eigenvalue weighted by molar-refractivity contribution is -0.265. The van der Waals surface area contributed by atoms with Crippen molar-refractivity contribution in [3.8, 4) is 0 Å². The standard InChI is InChI=1S/C14H18O3/c1-14(8-5-9-15)16-10-13(11-17-14)12-6-3-2-4-7-12/h2-4,6-7,9,13H,5,8,10-11H2,1H3. The molecule has 0 atom stereocenters. The summed E-state index contributed by atoms with van der Waals surface area (Å²) in [7, 11) is 0. The number of ether oxygens (including phenoxy) is 2. The van der Waals surface area contributed by atoms with Crippen LogP contribution in [0.3, 0.4) is 0 Å². The van der Waals surface area contributed by atoms with Crippen molar-refractivity contribution < 1.29 is 14.3 Å². The summed E-state index contributed by atoms with van der Waals surface area (Å²) in [4.78, 5) is 10.4. The molecule has 0 radical (unpaired) electrons. The van der Waals surface area contributed by atoms with Gasteiger partial charge in [-0.05, 0) is 12.5 Å². The molecule has 92 valence electrons. The Balaban J connectivity index is 1.92. The van der Waals surface area contributed by atoms with Crippen LogP contribution in [-0.2, 0) is 14.3 Å². The second-order valence-corrected chi connectivity index (χ2v) is 4.57. The molecule has 1 aliphatic rings.